The predicted octanol–water partition coefficient (Wildman–Crippen LogP) is 2.97. The number of hydrogen-bond donors (Lipinski definition) is 1. The van der Waals surface area contributed by atoms with Crippen LogP contribution in [-0.4, -0.2) is 6.04 Å². The molecule has 0 aromatic heterocycles. The second-order valence-electron chi connectivity index (χ2n) is 2.89. The minimum Gasteiger partial charge on any atom is -0.230 e. The van der Waals surface area contributed by atoms with Gasteiger partial charge < -0.3 is 0 Å². The van der Waals surface area contributed by atoms with Gasteiger partial charge in [0.05, 0.1) is 0 Å². The topological polar surface area (TPSA) is 12.0 Å². The first kappa shape index (κ1) is 9.56. The average Bonchev–Trinajstić information content (AvgIpc) is 2.07. The summed E-state index contributed by atoms with van der Waals surface area (Å²) in [4.78, 5) is 2.67. The number of rotatable bonds is 1. The van der Waals surface area contributed by atoms with E-state index in [2.05, 4.69) is 4.84 Å². The van der Waals surface area contributed by atoms with Gasteiger partial charge in [-0.15, -0.1) is 0 Å². The second kappa shape index (κ2) is 6.04. The number of hydrogen-bond acceptors (Lipinski definition) is 1. The van der Waals surface area contributed by atoms with Crippen molar-refractivity contribution in [1.82, 2.24) is 4.84 Å². The Bertz CT molecular complexity index is 155. The molecule has 1 aromatic carbocycles. The molecule has 1 aromatic rings. The van der Waals surface area contributed by atoms with Crippen LogP contribution in [0.15, 0.2) is 36.4 Å². The van der Waals surface area contributed by atoms with Gasteiger partial charge >= 0.3 is 0 Å². The Labute approximate surface area is 78.9 Å². The molecule has 2 heteroatoms. The van der Waals surface area contributed by atoms with Crippen LogP contribution in [0.1, 0.15) is 19.3 Å². The molecule has 0 heterocycles. The molecule has 1 fully saturated rings. The van der Waals surface area contributed by atoms with E-state index in [4.69, 9.17) is 11.8 Å². The Morgan fingerprint density at radius 3 is 1.42 bits per heavy atom. The molecule has 0 saturated heterocycles. The molecule has 12 heavy (non-hydrogen) atoms. The van der Waals surface area contributed by atoms with Gasteiger partial charge in [0.15, 0.2) is 0 Å². The van der Waals surface area contributed by atoms with E-state index in [1.807, 2.05) is 36.4 Å². The molecular formula is C10H14ClN. The fraction of sp³-hybridized carbons (Fsp3) is 0.400. The third kappa shape index (κ3) is 3.74. The summed E-state index contributed by atoms with van der Waals surface area (Å²) in [7, 11) is 0. The van der Waals surface area contributed by atoms with Crippen LogP contribution in [0, 0.1) is 0 Å². The van der Waals surface area contributed by atoms with Crippen molar-refractivity contribution in [3.05, 3.63) is 36.4 Å². The summed E-state index contributed by atoms with van der Waals surface area (Å²) in [6, 6.07) is 12.6. The molecule has 1 aliphatic carbocycles. The lowest BCUT2D eigenvalue weighted by Gasteiger charge is -2.22. The number of benzene rings is 1. The summed E-state index contributed by atoms with van der Waals surface area (Å²) in [6.45, 7) is 0. The van der Waals surface area contributed by atoms with Crippen molar-refractivity contribution in [1.29, 1.82) is 0 Å². The van der Waals surface area contributed by atoms with Gasteiger partial charge in [0, 0.05) is 6.04 Å². The molecular weight excluding hydrogens is 170 g/mol. The van der Waals surface area contributed by atoms with E-state index in [0.29, 0.717) is 6.04 Å². The van der Waals surface area contributed by atoms with Gasteiger partial charge in [-0.2, -0.15) is 0 Å². The zero-order chi connectivity index (χ0) is 8.65. The van der Waals surface area contributed by atoms with E-state index >= 15 is 0 Å². The standard InChI is InChI=1S/C6H6.C4H8ClN/c1-2-4-6-5-3-1;5-6-4-2-1-3-4/h1-6H;4,6H,1-3H2. The van der Waals surface area contributed by atoms with Gasteiger partial charge in [-0.3, -0.25) is 0 Å². The summed E-state index contributed by atoms with van der Waals surface area (Å²) in [5, 5.41) is 0. The number of nitrogens with one attached hydrogen (secondary N) is 1. The highest BCUT2D eigenvalue weighted by molar-refractivity contribution is 6.13. The summed E-state index contributed by atoms with van der Waals surface area (Å²) in [6.07, 6.45) is 3.89. The van der Waals surface area contributed by atoms with E-state index in [-0.39, 0.29) is 0 Å². The molecule has 0 spiro atoms. The normalized spacial score (nSPS) is 15.8. The molecule has 0 atom stereocenters. The van der Waals surface area contributed by atoms with E-state index < -0.39 is 0 Å². The monoisotopic (exact) mass is 183 g/mol. The van der Waals surface area contributed by atoms with Crippen LogP contribution in [0.25, 0.3) is 0 Å². The predicted molar refractivity (Wildman–Crippen MR) is 53.1 cm³/mol. The molecule has 1 aliphatic rings. The fourth-order valence-electron chi connectivity index (χ4n) is 0.902. The maximum atomic E-state index is 5.25. The molecule has 0 aliphatic heterocycles. The zero-order valence-electron chi connectivity index (χ0n) is 7.04. The highest BCUT2D eigenvalue weighted by atomic mass is 35.5. The van der Waals surface area contributed by atoms with Crippen molar-refractivity contribution in [2.24, 2.45) is 0 Å². The van der Waals surface area contributed by atoms with Gasteiger partial charge in [0.25, 0.3) is 0 Å². The Kier molecular flexibility index (Phi) is 4.81. The molecule has 1 nitrogen and oxygen atoms in total. The van der Waals surface area contributed by atoms with Crippen molar-refractivity contribution in [3.8, 4) is 0 Å². The van der Waals surface area contributed by atoms with Crippen LogP contribution in [0.4, 0.5) is 0 Å². The summed E-state index contributed by atoms with van der Waals surface area (Å²) >= 11 is 5.25. The third-order valence-electron chi connectivity index (χ3n) is 1.93. The van der Waals surface area contributed by atoms with Gasteiger partial charge in [0.1, 0.15) is 0 Å². The average molecular weight is 184 g/mol. The highest BCUT2D eigenvalue weighted by Gasteiger charge is 2.14. The SMILES string of the molecule is ClNC1CCC1.c1ccccc1. The molecule has 66 valence electrons. The lowest BCUT2D eigenvalue weighted by molar-refractivity contribution is 0.392. The Morgan fingerprint density at radius 2 is 1.33 bits per heavy atom. The molecule has 1 N–H and O–H groups in total. The lowest BCUT2D eigenvalue weighted by atomic mass is 9.94. The minimum absolute atomic E-state index is 0.631. The summed E-state index contributed by atoms with van der Waals surface area (Å²) in [5.41, 5.74) is 0. The van der Waals surface area contributed by atoms with Crippen LogP contribution in [-0.2, 0) is 0 Å². The van der Waals surface area contributed by atoms with Gasteiger partial charge in [0.2, 0.25) is 0 Å². The third-order valence-corrected chi connectivity index (χ3v) is 2.23. The van der Waals surface area contributed by atoms with Gasteiger partial charge in [-0.1, -0.05) is 42.8 Å². The van der Waals surface area contributed by atoms with Crippen molar-refractivity contribution in [2.75, 3.05) is 0 Å². The quantitative estimate of drug-likeness (QED) is 0.661. The van der Waals surface area contributed by atoms with Gasteiger partial charge in [-0.25, -0.2) is 4.84 Å². The van der Waals surface area contributed by atoms with Crippen LogP contribution in [0.2, 0.25) is 0 Å². The molecule has 0 bridgehead atoms. The summed E-state index contributed by atoms with van der Waals surface area (Å²) in [5.74, 6) is 0. The highest BCUT2D eigenvalue weighted by Crippen LogP contribution is 2.17. The number of halogens is 1. The van der Waals surface area contributed by atoms with E-state index in [1.54, 1.807) is 0 Å². The van der Waals surface area contributed by atoms with Crippen molar-refractivity contribution < 1.29 is 0 Å². The zero-order valence-corrected chi connectivity index (χ0v) is 7.80. The van der Waals surface area contributed by atoms with Crippen LogP contribution >= 0.6 is 11.8 Å². The maximum absolute atomic E-state index is 5.25. The van der Waals surface area contributed by atoms with Crippen LogP contribution in [0.5, 0.6) is 0 Å². The Morgan fingerprint density at radius 1 is 0.917 bits per heavy atom. The Balaban J connectivity index is 0.000000120. The van der Waals surface area contributed by atoms with Crippen LogP contribution in [0.3, 0.4) is 0 Å². The molecule has 0 amide bonds. The van der Waals surface area contributed by atoms with Gasteiger partial charge in [-0.05, 0) is 24.6 Å². The molecule has 1 saturated carbocycles. The second-order valence-corrected chi connectivity index (χ2v) is 3.11. The largest absolute Gasteiger partial charge is 0.230 e. The van der Waals surface area contributed by atoms with E-state index in [1.165, 1.54) is 19.3 Å². The molecule has 0 unspecified atom stereocenters. The lowest BCUT2D eigenvalue weighted by Crippen LogP contribution is -2.27. The first-order chi connectivity index (χ1) is 5.93. The summed E-state index contributed by atoms with van der Waals surface area (Å²) < 4.78 is 0. The van der Waals surface area contributed by atoms with Crippen molar-refractivity contribution in [3.63, 3.8) is 0 Å². The minimum atomic E-state index is 0.631. The molecule has 0 radical (unpaired) electrons. The smallest absolute Gasteiger partial charge is 0.0220 e. The van der Waals surface area contributed by atoms with Crippen molar-refractivity contribution >= 4 is 11.8 Å². The fourth-order valence-corrected chi connectivity index (χ4v) is 1.12. The first-order valence-electron chi connectivity index (χ1n) is 4.29. The Hall–Kier alpha value is -0.530. The van der Waals surface area contributed by atoms with E-state index in [9.17, 15) is 0 Å². The maximum Gasteiger partial charge on any atom is 0.0220 e. The van der Waals surface area contributed by atoms with Crippen LogP contribution < -0.4 is 4.84 Å². The molecule has 2 rings (SSSR count). The van der Waals surface area contributed by atoms with E-state index in [0.717, 1.165) is 0 Å². The first-order valence-corrected chi connectivity index (χ1v) is 4.67. The van der Waals surface area contributed by atoms with Crippen molar-refractivity contribution in [2.45, 2.75) is 25.3 Å².